The van der Waals surface area contributed by atoms with Crippen LogP contribution in [-0.4, -0.2) is 14.2 Å². The molecule has 0 fully saturated rings. The van der Waals surface area contributed by atoms with Crippen molar-refractivity contribution in [3.63, 3.8) is 0 Å². The Morgan fingerprint density at radius 2 is 1.46 bits per heavy atom. The summed E-state index contributed by atoms with van der Waals surface area (Å²) in [7, 11) is 2.38. The molecular weight excluding hydrogens is 314 g/mol. The summed E-state index contributed by atoms with van der Waals surface area (Å²) >= 11 is 0. The van der Waals surface area contributed by atoms with Crippen molar-refractivity contribution in [1.29, 1.82) is 10.5 Å². The molecule has 6 heteroatoms. The van der Waals surface area contributed by atoms with Crippen LogP contribution in [0.4, 0.5) is 8.78 Å². The third-order valence-corrected chi connectivity index (χ3v) is 3.89. The second-order valence-corrected chi connectivity index (χ2v) is 4.96. The largest absolute Gasteiger partial charge is 0.493 e. The highest BCUT2D eigenvalue weighted by Gasteiger charge is 2.36. The molecule has 4 nitrogen and oxygen atoms in total. The van der Waals surface area contributed by atoms with Gasteiger partial charge in [-0.25, -0.2) is 4.39 Å². The molecule has 24 heavy (non-hydrogen) atoms. The van der Waals surface area contributed by atoms with Gasteiger partial charge in [0.15, 0.2) is 17.3 Å². The first-order valence-electron chi connectivity index (χ1n) is 6.88. The molecule has 0 saturated heterocycles. The third-order valence-electron chi connectivity index (χ3n) is 3.89. The summed E-state index contributed by atoms with van der Waals surface area (Å²) in [5, 5.41) is 18.5. The zero-order chi connectivity index (χ0) is 17.4. The van der Waals surface area contributed by atoms with Crippen molar-refractivity contribution in [2.75, 3.05) is 14.2 Å². The molecular formula is C18H10F2N2O2. The van der Waals surface area contributed by atoms with E-state index < -0.39 is 17.4 Å². The summed E-state index contributed by atoms with van der Waals surface area (Å²) in [6.45, 7) is 0. The number of nitrogens with zero attached hydrogens (tertiary/aromatic N) is 2. The van der Waals surface area contributed by atoms with E-state index in [1.54, 1.807) is 36.4 Å². The lowest BCUT2D eigenvalue weighted by Crippen LogP contribution is -2.02. The maximum Gasteiger partial charge on any atom is 0.210 e. The minimum absolute atomic E-state index is 0.0487. The quantitative estimate of drug-likeness (QED) is 0.672. The average Bonchev–Trinajstić information content (AvgIpc) is 2.93. The van der Waals surface area contributed by atoms with Crippen LogP contribution >= 0.6 is 0 Å². The zero-order valence-corrected chi connectivity index (χ0v) is 12.8. The molecule has 0 radical (unpaired) electrons. The minimum Gasteiger partial charge on any atom is -0.493 e. The second-order valence-electron chi connectivity index (χ2n) is 4.96. The second kappa shape index (κ2) is 5.68. The Morgan fingerprint density at radius 3 is 2.00 bits per heavy atom. The Labute approximate surface area is 136 Å². The molecule has 2 aromatic rings. The molecule has 3 rings (SSSR count). The van der Waals surface area contributed by atoms with Gasteiger partial charge < -0.3 is 9.47 Å². The number of fused-ring (bicyclic) bond motifs is 3. The highest BCUT2D eigenvalue weighted by Crippen LogP contribution is 2.53. The number of nitriles is 2. The molecule has 1 aliphatic rings. The van der Waals surface area contributed by atoms with Gasteiger partial charge in [-0.15, -0.1) is 0 Å². The minimum atomic E-state index is -1.02. The van der Waals surface area contributed by atoms with Crippen LogP contribution < -0.4 is 9.47 Å². The Balaban J connectivity index is 2.60. The smallest absolute Gasteiger partial charge is 0.210 e. The topological polar surface area (TPSA) is 66.0 Å². The Hall–Kier alpha value is -3.38. The van der Waals surface area contributed by atoms with E-state index in [-0.39, 0.29) is 28.0 Å². The van der Waals surface area contributed by atoms with Gasteiger partial charge in [-0.1, -0.05) is 24.3 Å². The normalized spacial score (nSPS) is 11.2. The molecule has 2 aromatic carbocycles. The number of hydrogen-bond donors (Lipinski definition) is 0. The number of ether oxygens (including phenoxy) is 2. The predicted octanol–water partition coefficient (Wildman–Crippen LogP) is 3.81. The van der Waals surface area contributed by atoms with Crippen LogP contribution in [0.2, 0.25) is 0 Å². The lowest BCUT2D eigenvalue weighted by Gasteiger charge is -2.14. The van der Waals surface area contributed by atoms with Gasteiger partial charge in [0.25, 0.3) is 0 Å². The lowest BCUT2D eigenvalue weighted by atomic mass is 9.98. The Morgan fingerprint density at radius 1 is 0.875 bits per heavy atom. The first-order valence-corrected chi connectivity index (χ1v) is 6.88. The van der Waals surface area contributed by atoms with Crippen LogP contribution in [0.15, 0.2) is 29.8 Å². The van der Waals surface area contributed by atoms with Crippen molar-refractivity contribution < 1.29 is 18.3 Å². The number of hydrogen-bond acceptors (Lipinski definition) is 4. The molecule has 0 N–H and O–H groups in total. The van der Waals surface area contributed by atoms with Crippen LogP contribution in [0, 0.1) is 34.3 Å². The van der Waals surface area contributed by atoms with Crippen LogP contribution in [0.25, 0.3) is 16.7 Å². The first-order chi connectivity index (χ1) is 11.6. The van der Waals surface area contributed by atoms with E-state index in [0.29, 0.717) is 11.1 Å². The van der Waals surface area contributed by atoms with Gasteiger partial charge >= 0.3 is 0 Å². The molecule has 0 spiro atoms. The van der Waals surface area contributed by atoms with Crippen molar-refractivity contribution >= 4 is 5.57 Å². The van der Waals surface area contributed by atoms with Gasteiger partial charge in [0, 0.05) is 16.7 Å². The summed E-state index contributed by atoms with van der Waals surface area (Å²) in [6.07, 6.45) is 0. The molecule has 0 aliphatic heterocycles. The highest BCUT2D eigenvalue weighted by molar-refractivity contribution is 6.06. The van der Waals surface area contributed by atoms with E-state index in [4.69, 9.17) is 9.47 Å². The molecule has 0 aromatic heterocycles. The fourth-order valence-corrected chi connectivity index (χ4v) is 2.96. The fraction of sp³-hybridized carbons (Fsp3) is 0.111. The van der Waals surface area contributed by atoms with Gasteiger partial charge in [0.05, 0.1) is 14.2 Å². The molecule has 0 heterocycles. The lowest BCUT2D eigenvalue weighted by molar-refractivity contribution is 0.334. The predicted molar refractivity (Wildman–Crippen MR) is 82.1 cm³/mol. The van der Waals surface area contributed by atoms with Crippen LogP contribution in [0.1, 0.15) is 11.1 Å². The molecule has 0 saturated carbocycles. The van der Waals surface area contributed by atoms with E-state index in [2.05, 4.69) is 0 Å². The van der Waals surface area contributed by atoms with Crippen LogP contribution in [0.5, 0.6) is 11.5 Å². The average molecular weight is 324 g/mol. The SMILES string of the molecule is COc1c(F)c(OC)c2c(c1F)-c1ccccc1C2=C(C#N)C#N. The van der Waals surface area contributed by atoms with Gasteiger partial charge in [-0.2, -0.15) is 14.9 Å². The summed E-state index contributed by atoms with van der Waals surface area (Å²) in [6, 6.07) is 10.2. The summed E-state index contributed by atoms with van der Waals surface area (Å²) in [5.41, 5.74) is 0.924. The van der Waals surface area contributed by atoms with Crippen molar-refractivity contribution in [2.24, 2.45) is 0 Å². The van der Waals surface area contributed by atoms with Gasteiger partial charge in [0.1, 0.15) is 17.7 Å². The zero-order valence-electron chi connectivity index (χ0n) is 12.8. The van der Waals surface area contributed by atoms with Gasteiger partial charge in [-0.3, -0.25) is 0 Å². The number of allylic oxidation sites excluding steroid dienone is 1. The number of methoxy groups -OCH3 is 2. The first kappa shape index (κ1) is 15.5. The van der Waals surface area contributed by atoms with Crippen molar-refractivity contribution in [3.05, 3.63) is 52.6 Å². The molecule has 1 aliphatic carbocycles. The van der Waals surface area contributed by atoms with E-state index >= 15 is 0 Å². The number of benzene rings is 2. The molecule has 0 bridgehead atoms. The molecule has 118 valence electrons. The van der Waals surface area contributed by atoms with Crippen molar-refractivity contribution in [3.8, 4) is 34.8 Å². The molecule has 0 atom stereocenters. The summed E-state index contributed by atoms with van der Waals surface area (Å²) in [5.74, 6) is -2.75. The van der Waals surface area contributed by atoms with E-state index in [1.807, 2.05) is 0 Å². The molecule has 0 amide bonds. The van der Waals surface area contributed by atoms with Gasteiger partial charge in [0.2, 0.25) is 5.82 Å². The van der Waals surface area contributed by atoms with Crippen molar-refractivity contribution in [1.82, 2.24) is 0 Å². The van der Waals surface area contributed by atoms with Crippen LogP contribution in [0.3, 0.4) is 0 Å². The highest BCUT2D eigenvalue weighted by atomic mass is 19.1. The monoisotopic (exact) mass is 324 g/mol. The standard InChI is InChI=1S/C18H10F2N2O2/c1-23-17-14-12(9(7-21)8-22)10-5-3-4-6-11(10)13(14)15(19)18(24-2)16(17)20/h3-6H,1-2H3. The summed E-state index contributed by atoms with van der Waals surface area (Å²) < 4.78 is 39.4. The van der Waals surface area contributed by atoms with Gasteiger partial charge in [-0.05, 0) is 11.1 Å². The Bertz CT molecular complexity index is 966. The van der Waals surface area contributed by atoms with Crippen molar-refractivity contribution in [2.45, 2.75) is 0 Å². The van der Waals surface area contributed by atoms with E-state index in [0.717, 1.165) is 7.11 Å². The maximum absolute atomic E-state index is 14.9. The van der Waals surface area contributed by atoms with E-state index in [9.17, 15) is 19.3 Å². The molecule has 0 unspecified atom stereocenters. The van der Waals surface area contributed by atoms with E-state index in [1.165, 1.54) is 7.11 Å². The maximum atomic E-state index is 14.9. The number of halogens is 2. The number of rotatable bonds is 2. The summed E-state index contributed by atoms with van der Waals surface area (Å²) in [4.78, 5) is 0. The third kappa shape index (κ3) is 1.87. The van der Waals surface area contributed by atoms with Crippen LogP contribution in [-0.2, 0) is 0 Å². The fourth-order valence-electron chi connectivity index (χ4n) is 2.96. The Kier molecular flexibility index (Phi) is 3.67.